The Hall–Kier alpha value is -1.74. The molecule has 2 aromatic carbocycles. The number of Topliss-reactive ketones (excluding diaryl/α,β-unsaturated/α-hetero) is 2. The number of carbonyl (C=O) groups is 2. The van der Waals surface area contributed by atoms with Crippen molar-refractivity contribution in [2.45, 2.75) is 38.5 Å². The molecule has 0 aromatic heterocycles. The number of benzene rings is 2. The lowest BCUT2D eigenvalue weighted by Gasteiger charge is -2.14. The first-order valence-corrected chi connectivity index (χ1v) is 10.0. The van der Waals surface area contributed by atoms with Crippen LogP contribution in [-0.2, 0) is 22.4 Å². The van der Waals surface area contributed by atoms with Gasteiger partial charge in [-0.1, -0.05) is 76.6 Å². The molecule has 0 heterocycles. The Morgan fingerprint density at radius 1 is 0.760 bits per heavy atom. The molecule has 0 atom stereocenters. The average Bonchev–Trinajstić information content (AvgIpc) is 2.66. The molecule has 2 nitrogen and oxygen atoms in total. The van der Waals surface area contributed by atoms with Crippen molar-refractivity contribution in [3.63, 3.8) is 0 Å². The fourth-order valence-corrected chi connectivity index (χ4v) is 3.28. The summed E-state index contributed by atoms with van der Waals surface area (Å²) in [7, 11) is 0. The van der Waals surface area contributed by atoms with Crippen molar-refractivity contribution in [2.75, 3.05) is 5.33 Å². The van der Waals surface area contributed by atoms with Crippen molar-refractivity contribution in [3.8, 4) is 0 Å². The minimum Gasteiger partial charge on any atom is -0.299 e. The van der Waals surface area contributed by atoms with Crippen LogP contribution in [0.1, 0.15) is 36.8 Å². The van der Waals surface area contributed by atoms with Gasteiger partial charge in [-0.25, -0.2) is 0 Å². The van der Waals surface area contributed by atoms with E-state index in [4.69, 9.17) is 0 Å². The van der Waals surface area contributed by atoms with Gasteiger partial charge in [0.25, 0.3) is 0 Å². The van der Waals surface area contributed by atoms with E-state index in [1.54, 1.807) is 0 Å². The highest BCUT2D eigenvalue weighted by Gasteiger charge is 2.25. The Labute approximate surface area is 158 Å². The number of halogens is 1. The highest BCUT2D eigenvalue weighted by Crippen LogP contribution is 2.18. The maximum atomic E-state index is 12.6. The first kappa shape index (κ1) is 19.6. The van der Waals surface area contributed by atoms with Crippen LogP contribution in [0, 0.1) is 5.92 Å². The van der Waals surface area contributed by atoms with E-state index in [9.17, 15) is 9.59 Å². The summed E-state index contributed by atoms with van der Waals surface area (Å²) in [5.74, 6) is -0.282. The van der Waals surface area contributed by atoms with Crippen LogP contribution in [0.2, 0.25) is 0 Å². The lowest BCUT2D eigenvalue weighted by molar-refractivity contribution is -0.133. The zero-order valence-corrected chi connectivity index (χ0v) is 16.1. The van der Waals surface area contributed by atoms with E-state index >= 15 is 0 Å². The maximum absolute atomic E-state index is 12.6. The van der Waals surface area contributed by atoms with Crippen LogP contribution < -0.4 is 0 Å². The fourth-order valence-electron chi connectivity index (χ4n) is 2.96. The maximum Gasteiger partial charge on any atom is 0.143 e. The van der Waals surface area contributed by atoms with E-state index < -0.39 is 5.92 Å². The topological polar surface area (TPSA) is 34.1 Å². The number of ketones is 2. The molecule has 0 aliphatic carbocycles. The van der Waals surface area contributed by atoms with Gasteiger partial charge in [-0.15, -0.1) is 0 Å². The second kappa shape index (κ2) is 11.0. The van der Waals surface area contributed by atoms with Gasteiger partial charge in [0.15, 0.2) is 0 Å². The van der Waals surface area contributed by atoms with Crippen molar-refractivity contribution >= 4 is 27.5 Å². The minimum atomic E-state index is -0.454. The predicted molar refractivity (Wildman–Crippen MR) is 106 cm³/mol. The lowest BCUT2D eigenvalue weighted by Crippen LogP contribution is -2.25. The highest BCUT2D eigenvalue weighted by atomic mass is 79.9. The molecule has 0 aliphatic heterocycles. The summed E-state index contributed by atoms with van der Waals surface area (Å²) in [5.41, 5.74) is 2.29. The largest absolute Gasteiger partial charge is 0.299 e. The summed E-state index contributed by atoms with van der Waals surface area (Å²) in [6.07, 6.45) is 3.78. The Bertz CT molecular complexity index is 597. The van der Waals surface area contributed by atoms with E-state index in [-0.39, 0.29) is 11.6 Å². The van der Waals surface area contributed by atoms with Gasteiger partial charge in [0.1, 0.15) is 11.6 Å². The number of hydrogen-bond acceptors (Lipinski definition) is 2. The van der Waals surface area contributed by atoms with Crippen molar-refractivity contribution < 1.29 is 9.59 Å². The second-order valence-corrected chi connectivity index (χ2v) is 7.08. The summed E-state index contributed by atoms with van der Waals surface area (Å²) in [6, 6.07) is 20.0. The lowest BCUT2D eigenvalue weighted by atomic mass is 9.88. The molecular weight excluding hydrogens is 376 g/mol. The van der Waals surface area contributed by atoms with E-state index in [0.717, 1.165) is 22.9 Å². The van der Waals surface area contributed by atoms with Crippen LogP contribution in [0.4, 0.5) is 0 Å². The third kappa shape index (κ3) is 6.95. The summed E-state index contributed by atoms with van der Waals surface area (Å²) < 4.78 is 0. The first-order valence-electron chi connectivity index (χ1n) is 8.90. The van der Waals surface area contributed by atoms with Gasteiger partial charge in [0.05, 0.1) is 5.92 Å². The number of rotatable bonds is 11. The van der Waals surface area contributed by atoms with Gasteiger partial charge < -0.3 is 0 Å². The van der Waals surface area contributed by atoms with Crippen LogP contribution in [-0.4, -0.2) is 16.9 Å². The average molecular weight is 401 g/mol. The smallest absolute Gasteiger partial charge is 0.143 e. The molecule has 0 saturated carbocycles. The van der Waals surface area contributed by atoms with Crippen molar-refractivity contribution in [3.05, 3.63) is 71.8 Å². The number of aryl methyl sites for hydroxylation is 2. The second-order valence-electron chi connectivity index (χ2n) is 6.29. The molecule has 2 rings (SSSR count). The highest BCUT2D eigenvalue weighted by molar-refractivity contribution is 9.09. The molecule has 3 heteroatoms. The van der Waals surface area contributed by atoms with Crippen molar-refractivity contribution in [1.29, 1.82) is 0 Å². The summed E-state index contributed by atoms with van der Waals surface area (Å²) in [6.45, 7) is 0. The van der Waals surface area contributed by atoms with Gasteiger partial charge >= 0.3 is 0 Å². The van der Waals surface area contributed by atoms with Gasteiger partial charge in [-0.05, 0) is 36.8 Å². The molecule has 0 fully saturated rings. The van der Waals surface area contributed by atoms with Crippen LogP contribution in [0.5, 0.6) is 0 Å². The molecule has 0 radical (unpaired) electrons. The monoisotopic (exact) mass is 400 g/mol. The number of carbonyl (C=O) groups excluding carboxylic acids is 2. The molecule has 0 N–H and O–H groups in total. The molecule has 25 heavy (non-hydrogen) atoms. The molecular formula is C22H25BrO2. The molecule has 0 amide bonds. The predicted octanol–water partition coefficient (Wildman–Crippen LogP) is 5.18. The van der Waals surface area contributed by atoms with E-state index in [2.05, 4.69) is 15.9 Å². The van der Waals surface area contributed by atoms with Crippen molar-refractivity contribution in [2.24, 2.45) is 5.92 Å². The molecule has 0 saturated heterocycles. The Morgan fingerprint density at radius 2 is 1.20 bits per heavy atom. The molecule has 0 spiro atoms. The first-order chi connectivity index (χ1) is 12.2. The van der Waals surface area contributed by atoms with E-state index in [1.807, 2.05) is 60.7 Å². The summed E-state index contributed by atoms with van der Waals surface area (Å²) in [4.78, 5) is 25.3. The van der Waals surface area contributed by atoms with Gasteiger partial charge in [0.2, 0.25) is 0 Å². The van der Waals surface area contributed by atoms with E-state index in [0.29, 0.717) is 32.1 Å². The molecule has 0 bridgehead atoms. The molecule has 132 valence electrons. The number of alkyl halides is 1. The normalized spacial score (nSPS) is 10.8. The van der Waals surface area contributed by atoms with Crippen LogP contribution >= 0.6 is 15.9 Å². The fraction of sp³-hybridized carbons (Fsp3) is 0.364. The zero-order chi connectivity index (χ0) is 17.9. The quantitative estimate of drug-likeness (QED) is 0.384. The minimum absolute atomic E-state index is 0.0860. The van der Waals surface area contributed by atoms with Crippen LogP contribution in [0.3, 0.4) is 0 Å². The van der Waals surface area contributed by atoms with Crippen molar-refractivity contribution in [1.82, 2.24) is 0 Å². The number of hydrogen-bond donors (Lipinski definition) is 0. The zero-order valence-electron chi connectivity index (χ0n) is 14.5. The summed E-state index contributed by atoms with van der Waals surface area (Å²) >= 11 is 3.40. The Kier molecular flexibility index (Phi) is 8.61. The Balaban J connectivity index is 1.91. The van der Waals surface area contributed by atoms with E-state index in [1.165, 1.54) is 0 Å². The molecule has 2 aromatic rings. The summed E-state index contributed by atoms with van der Waals surface area (Å²) in [5, 5.41) is 0.821. The van der Waals surface area contributed by atoms with Gasteiger partial charge in [-0.3, -0.25) is 9.59 Å². The van der Waals surface area contributed by atoms with Crippen LogP contribution in [0.15, 0.2) is 60.7 Å². The molecule has 0 aliphatic rings. The van der Waals surface area contributed by atoms with Gasteiger partial charge in [-0.2, -0.15) is 0 Å². The van der Waals surface area contributed by atoms with Gasteiger partial charge in [0, 0.05) is 18.2 Å². The van der Waals surface area contributed by atoms with Crippen LogP contribution in [0.25, 0.3) is 0 Å². The SMILES string of the molecule is O=C(CCc1ccccc1)C(CCCBr)C(=O)CCc1ccccc1. The standard InChI is InChI=1S/C22H25BrO2/c23-17-7-12-20(21(24)15-13-18-8-3-1-4-9-18)22(25)16-14-19-10-5-2-6-11-19/h1-6,8-11,20H,7,12-17H2. The molecule has 0 unspecified atom stereocenters. The third-order valence-electron chi connectivity index (χ3n) is 4.41. The third-order valence-corrected chi connectivity index (χ3v) is 4.97. The Morgan fingerprint density at radius 3 is 1.60 bits per heavy atom.